The van der Waals surface area contributed by atoms with Gasteiger partial charge in [0.2, 0.25) is 5.91 Å². The van der Waals surface area contributed by atoms with Crippen LogP contribution in [0, 0.1) is 19.8 Å². The molecule has 2 rings (SSSR count). The highest BCUT2D eigenvalue weighted by Crippen LogP contribution is 2.25. The maximum atomic E-state index is 12.0. The summed E-state index contributed by atoms with van der Waals surface area (Å²) in [7, 11) is 0. The lowest BCUT2D eigenvalue weighted by atomic mass is 10.0. The maximum Gasteiger partial charge on any atom is 0.230 e. The van der Waals surface area contributed by atoms with Crippen LogP contribution in [0.5, 0.6) is 0 Å². The van der Waals surface area contributed by atoms with Crippen molar-refractivity contribution in [3.63, 3.8) is 0 Å². The largest absolute Gasteiger partial charge is 0.327 e. The van der Waals surface area contributed by atoms with Crippen molar-refractivity contribution in [1.82, 2.24) is 4.98 Å². The first kappa shape index (κ1) is 19.6. The van der Waals surface area contributed by atoms with Crippen molar-refractivity contribution in [1.29, 1.82) is 0 Å². The Morgan fingerprint density at radius 1 is 1.26 bits per heavy atom. The van der Waals surface area contributed by atoms with Gasteiger partial charge in [-0.1, -0.05) is 36.8 Å². The number of benzene rings is 1. The minimum atomic E-state index is -0.232. The van der Waals surface area contributed by atoms with Gasteiger partial charge in [0, 0.05) is 17.3 Å². The number of nitrogens with zero attached hydrogens (tertiary/aromatic N) is 1. The van der Waals surface area contributed by atoms with E-state index < -0.39 is 0 Å². The fourth-order valence-corrected chi connectivity index (χ4v) is 2.99. The minimum Gasteiger partial charge on any atom is -0.327 e. The lowest BCUT2D eigenvalue weighted by molar-refractivity contribution is -0.119. The smallest absolute Gasteiger partial charge is 0.230 e. The van der Waals surface area contributed by atoms with E-state index >= 15 is 0 Å². The molecule has 3 N–H and O–H groups in total. The van der Waals surface area contributed by atoms with E-state index in [9.17, 15) is 4.79 Å². The molecule has 1 heterocycles. The van der Waals surface area contributed by atoms with Gasteiger partial charge in [-0.15, -0.1) is 23.7 Å². The highest BCUT2D eigenvalue weighted by molar-refractivity contribution is 7.15. The molecular formula is C17H24ClN3OS. The van der Waals surface area contributed by atoms with Crippen LogP contribution in [0.25, 0.3) is 0 Å². The molecule has 6 heteroatoms. The van der Waals surface area contributed by atoms with Crippen molar-refractivity contribution in [3.05, 3.63) is 46.0 Å². The second-order valence-electron chi connectivity index (χ2n) is 5.83. The number of hydrogen-bond donors (Lipinski definition) is 2. The normalized spacial score (nSPS) is 13.1. The Hall–Kier alpha value is -1.43. The van der Waals surface area contributed by atoms with E-state index in [-0.39, 0.29) is 30.3 Å². The molecule has 0 radical (unpaired) electrons. The molecule has 4 nitrogen and oxygen atoms in total. The maximum absolute atomic E-state index is 12.0. The number of halogens is 1. The zero-order valence-corrected chi connectivity index (χ0v) is 15.6. The molecule has 0 fully saturated rings. The lowest BCUT2D eigenvalue weighted by Crippen LogP contribution is -2.34. The Kier molecular flexibility index (Phi) is 7.19. The number of carbonyl (C=O) groups excluding carboxylic acids is 1. The van der Waals surface area contributed by atoms with Gasteiger partial charge in [0.05, 0.1) is 11.6 Å². The fraction of sp³-hybridized carbons (Fsp3) is 0.412. The van der Waals surface area contributed by atoms with Gasteiger partial charge in [0.15, 0.2) is 5.13 Å². The van der Waals surface area contributed by atoms with Gasteiger partial charge >= 0.3 is 0 Å². The predicted octanol–water partition coefficient (Wildman–Crippen LogP) is 3.69. The van der Waals surface area contributed by atoms with Crippen LogP contribution in [0.15, 0.2) is 24.3 Å². The number of thiazole rings is 1. The van der Waals surface area contributed by atoms with Crippen molar-refractivity contribution in [2.75, 3.05) is 5.32 Å². The van der Waals surface area contributed by atoms with Crippen LogP contribution in [0.2, 0.25) is 0 Å². The number of hydrogen-bond acceptors (Lipinski definition) is 4. The lowest BCUT2D eigenvalue weighted by Gasteiger charge is -2.13. The number of nitrogens with two attached hydrogens (primary N) is 1. The summed E-state index contributed by atoms with van der Waals surface area (Å²) in [6.45, 7) is 7.72. The summed E-state index contributed by atoms with van der Waals surface area (Å²) in [6.07, 6.45) is 0.836. The number of aryl methyl sites for hydroxylation is 2. The number of carbonyl (C=O) groups is 1. The summed E-state index contributed by atoms with van der Waals surface area (Å²) in [6, 6.07) is 8.31. The second kappa shape index (κ2) is 8.43. The highest BCUT2D eigenvalue weighted by atomic mass is 35.5. The van der Waals surface area contributed by atoms with Crippen molar-refractivity contribution in [2.24, 2.45) is 11.7 Å². The highest BCUT2D eigenvalue weighted by Gasteiger charge is 2.19. The van der Waals surface area contributed by atoms with Crippen molar-refractivity contribution < 1.29 is 4.79 Å². The van der Waals surface area contributed by atoms with Crippen LogP contribution < -0.4 is 11.1 Å². The fourth-order valence-electron chi connectivity index (χ4n) is 1.99. The molecule has 126 valence electrons. The summed E-state index contributed by atoms with van der Waals surface area (Å²) in [4.78, 5) is 17.7. The third kappa shape index (κ3) is 5.30. The third-order valence-corrected chi connectivity index (χ3v) is 4.88. The van der Waals surface area contributed by atoms with E-state index in [4.69, 9.17) is 5.73 Å². The molecule has 0 saturated carbocycles. The summed E-state index contributed by atoms with van der Waals surface area (Å²) in [5.74, 6) is -0.310. The summed E-state index contributed by atoms with van der Waals surface area (Å²) < 4.78 is 0. The topological polar surface area (TPSA) is 68.0 Å². The average Bonchev–Trinajstić information content (AvgIpc) is 2.80. The number of rotatable bonds is 5. The Labute approximate surface area is 147 Å². The summed E-state index contributed by atoms with van der Waals surface area (Å²) in [5, 5.41) is 3.52. The van der Waals surface area contributed by atoms with E-state index in [1.54, 1.807) is 0 Å². The van der Waals surface area contributed by atoms with Gasteiger partial charge in [0.1, 0.15) is 0 Å². The summed E-state index contributed by atoms with van der Waals surface area (Å²) >= 11 is 1.53. The molecule has 1 aromatic carbocycles. The molecule has 23 heavy (non-hydrogen) atoms. The van der Waals surface area contributed by atoms with E-state index in [0.29, 0.717) is 5.13 Å². The van der Waals surface area contributed by atoms with Crippen LogP contribution in [-0.4, -0.2) is 16.9 Å². The molecule has 0 aliphatic carbocycles. The van der Waals surface area contributed by atoms with Crippen LogP contribution in [0.4, 0.5) is 5.13 Å². The zero-order valence-electron chi connectivity index (χ0n) is 13.9. The van der Waals surface area contributed by atoms with Gasteiger partial charge in [0.25, 0.3) is 0 Å². The third-order valence-electron chi connectivity index (χ3n) is 3.81. The van der Waals surface area contributed by atoms with Crippen LogP contribution >= 0.6 is 23.7 Å². The molecule has 0 aliphatic rings. The van der Waals surface area contributed by atoms with Crippen LogP contribution in [-0.2, 0) is 11.2 Å². The first-order valence-electron chi connectivity index (χ1n) is 7.45. The molecule has 1 amide bonds. The quantitative estimate of drug-likeness (QED) is 0.861. The number of anilines is 1. The molecule has 2 aromatic rings. The summed E-state index contributed by atoms with van der Waals surface area (Å²) in [5.41, 5.74) is 9.23. The number of aromatic nitrogens is 1. The van der Waals surface area contributed by atoms with Gasteiger partial charge in [-0.3, -0.25) is 4.79 Å². The standard InChI is InChI=1S/C17H23N3OS.ClH/c1-10-5-7-14(8-6-10)9-15-13(4)19-17(22-15)20-16(21)11(2)12(3)18;/h5-8,11-12H,9,18H2,1-4H3,(H,19,20,21);1H. The van der Waals surface area contributed by atoms with Gasteiger partial charge in [-0.05, 0) is 26.3 Å². The van der Waals surface area contributed by atoms with E-state index in [2.05, 4.69) is 41.5 Å². The second-order valence-corrected chi connectivity index (χ2v) is 6.91. The first-order valence-corrected chi connectivity index (χ1v) is 8.26. The van der Waals surface area contributed by atoms with E-state index in [1.807, 2.05) is 20.8 Å². The molecule has 1 aromatic heterocycles. The Balaban J connectivity index is 0.00000264. The molecular weight excluding hydrogens is 330 g/mol. The van der Waals surface area contributed by atoms with Crippen LogP contribution in [0.1, 0.15) is 35.5 Å². The molecule has 0 aliphatic heterocycles. The van der Waals surface area contributed by atoms with E-state index in [0.717, 1.165) is 12.1 Å². The molecule has 2 atom stereocenters. The molecule has 0 saturated heterocycles. The molecule has 0 spiro atoms. The minimum absolute atomic E-state index is 0. The monoisotopic (exact) mass is 353 g/mol. The van der Waals surface area contributed by atoms with Gasteiger partial charge in [-0.2, -0.15) is 0 Å². The molecule has 0 bridgehead atoms. The Morgan fingerprint density at radius 2 is 1.87 bits per heavy atom. The van der Waals surface area contributed by atoms with Gasteiger partial charge in [-0.25, -0.2) is 4.98 Å². The van der Waals surface area contributed by atoms with Gasteiger partial charge < -0.3 is 11.1 Å². The van der Waals surface area contributed by atoms with E-state index in [1.165, 1.54) is 27.3 Å². The number of amides is 1. The Bertz CT molecular complexity index is 652. The number of nitrogens with one attached hydrogen (secondary N) is 1. The van der Waals surface area contributed by atoms with Crippen molar-refractivity contribution in [3.8, 4) is 0 Å². The zero-order chi connectivity index (χ0) is 16.3. The Morgan fingerprint density at radius 3 is 2.43 bits per heavy atom. The molecule has 2 unspecified atom stereocenters. The predicted molar refractivity (Wildman–Crippen MR) is 99.5 cm³/mol. The average molecular weight is 354 g/mol. The van der Waals surface area contributed by atoms with Crippen LogP contribution in [0.3, 0.4) is 0 Å². The van der Waals surface area contributed by atoms with Crippen molar-refractivity contribution in [2.45, 2.75) is 40.2 Å². The first-order chi connectivity index (χ1) is 10.4. The van der Waals surface area contributed by atoms with Crippen molar-refractivity contribution >= 4 is 34.8 Å². The SMILES string of the molecule is Cc1ccc(Cc2sc(NC(=O)C(C)C(C)N)nc2C)cc1.Cl.